The minimum absolute atomic E-state index is 0.234. The van der Waals surface area contributed by atoms with Crippen LogP contribution >= 0.6 is 0 Å². The molecule has 0 aliphatic carbocycles. The third kappa shape index (κ3) is 2.51. The molecule has 0 aromatic carbocycles. The summed E-state index contributed by atoms with van der Waals surface area (Å²) in [5, 5.41) is 4.23. The maximum atomic E-state index is 5.79. The number of aryl methyl sites for hydroxylation is 1. The first kappa shape index (κ1) is 13.0. The topological polar surface area (TPSA) is 75.2 Å². The highest BCUT2D eigenvalue weighted by atomic mass is 15.4. The molecular weight excluding hydrogens is 242 g/mol. The monoisotopic (exact) mass is 265 g/mol. The molecule has 7 nitrogen and oxygen atoms in total. The van der Waals surface area contributed by atoms with E-state index in [2.05, 4.69) is 32.2 Å². The molecule has 4 rings (SSSR count). The Morgan fingerprint density at radius 3 is 2.79 bits per heavy atom. The smallest absolute Gasteiger partial charge is 0.138 e. The number of fused-ring (bicyclic) bond motifs is 3. The molecule has 2 atom stereocenters. The summed E-state index contributed by atoms with van der Waals surface area (Å²) in [6.07, 6.45) is 2.46. The van der Waals surface area contributed by atoms with Gasteiger partial charge in [0.2, 0.25) is 0 Å². The largest absolute Gasteiger partial charge is 0.299 e. The number of nitrogens with zero attached hydrogens (tertiary/aromatic N) is 5. The van der Waals surface area contributed by atoms with Crippen LogP contribution < -0.4 is 11.3 Å². The van der Waals surface area contributed by atoms with Crippen molar-refractivity contribution in [3.8, 4) is 0 Å². The van der Waals surface area contributed by atoms with Gasteiger partial charge in [0.15, 0.2) is 0 Å². The average Bonchev–Trinajstić information content (AvgIpc) is 2.93. The van der Waals surface area contributed by atoms with E-state index in [1.807, 2.05) is 4.68 Å². The summed E-state index contributed by atoms with van der Waals surface area (Å²) in [6.45, 7) is 8.74. The van der Waals surface area contributed by atoms with Crippen molar-refractivity contribution < 1.29 is 0 Å². The van der Waals surface area contributed by atoms with E-state index in [9.17, 15) is 0 Å². The number of nitrogens with one attached hydrogen (secondary N) is 1. The number of hydrogen-bond acceptors (Lipinski definition) is 6. The highest BCUT2D eigenvalue weighted by Gasteiger charge is 2.36. The summed E-state index contributed by atoms with van der Waals surface area (Å²) in [6, 6.07) is 0.715. The second-order valence-corrected chi connectivity index (χ2v) is 5.37. The van der Waals surface area contributed by atoms with E-state index in [0.29, 0.717) is 6.04 Å². The van der Waals surface area contributed by atoms with Gasteiger partial charge < -0.3 is 0 Å². The Hall–Kier alpha value is -1.02. The number of hydrogen-bond donors (Lipinski definition) is 2. The molecular formula is C12H23N7. The Morgan fingerprint density at radius 1 is 1.42 bits per heavy atom. The zero-order chi connectivity index (χ0) is 13.2. The van der Waals surface area contributed by atoms with Crippen LogP contribution in [0.2, 0.25) is 0 Å². The number of hydrazine groups is 1. The van der Waals surface area contributed by atoms with E-state index in [1.165, 1.54) is 13.1 Å². The molecule has 3 N–H and O–H groups in total. The molecule has 2 unspecified atom stereocenters. The second-order valence-electron chi connectivity index (χ2n) is 5.37. The Morgan fingerprint density at radius 2 is 2.21 bits per heavy atom. The van der Waals surface area contributed by atoms with Crippen molar-refractivity contribution in [2.24, 2.45) is 5.84 Å². The van der Waals surface area contributed by atoms with E-state index in [0.717, 1.165) is 38.4 Å². The van der Waals surface area contributed by atoms with E-state index in [-0.39, 0.29) is 6.04 Å². The standard InChI is InChI=1S/C12H23N7/c1-2-19-12(14-9-15-19)7-10(16-13)11-8-17-3-5-18(11)6-4-17/h9-11,16H,2-8,13H2,1H3. The van der Waals surface area contributed by atoms with Crippen LogP contribution in [-0.2, 0) is 13.0 Å². The van der Waals surface area contributed by atoms with Gasteiger partial charge in [-0.1, -0.05) is 0 Å². The van der Waals surface area contributed by atoms with Crippen LogP contribution in [-0.4, -0.2) is 69.4 Å². The van der Waals surface area contributed by atoms with Crippen molar-refractivity contribution in [3.05, 3.63) is 12.2 Å². The van der Waals surface area contributed by atoms with Gasteiger partial charge in [-0.2, -0.15) is 5.10 Å². The van der Waals surface area contributed by atoms with Crippen molar-refractivity contribution in [3.63, 3.8) is 0 Å². The van der Waals surface area contributed by atoms with Crippen molar-refractivity contribution in [1.82, 2.24) is 30.0 Å². The Kier molecular flexibility index (Phi) is 3.79. The maximum absolute atomic E-state index is 5.79. The van der Waals surface area contributed by atoms with Crippen LogP contribution in [0.15, 0.2) is 6.33 Å². The zero-order valence-corrected chi connectivity index (χ0v) is 11.5. The minimum atomic E-state index is 0.234. The summed E-state index contributed by atoms with van der Waals surface area (Å²) >= 11 is 0. The molecule has 0 radical (unpaired) electrons. The second kappa shape index (κ2) is 5.54. The fourth-order valence-electron chi connectivity index (χ4n) is 3.25. The van der Waals surface area contributed by atoms with Gasteiger partial charge in [-0.3, -0.25) is 25.8 Å². The van der Waals surface area contributed by atoms with Crippen LogP contribution in [0, 0.1) is 0 Å². The van der Waals surface area contributed by atoms with E-state index >= 15 is 0 Å². The van der Waals surface area contributed by atoms with Crippen molar-refractivity contribution in [1.29, 1.82) is 0 Å². The van der Waals surface area contributed by atoms with Gasteiger partial charge in [0, 0.05) is 57.8 Å². The summed E-state index contributed by atoms with van der Waals surface area (Å²) in [5.74, 6) is 6.81. The van der Waals surface area contributed by atoms with E-state index < -0.39 is 0 Å². The molecule has 7 heteroatoms. The first-order chi connectivity index (χ1) is 9.31. The molecule has 0 amide bonds. The molecule has 3 aliphatic heterocycles. The van der Waals surface area contributed by atoms with Crippen LogP contribution in [0.4, 0.5) is 0 Å². The van der Waals surface area contributed by atoms with Crippen LogP contribution in [0.1, 0.15) is 12.7 Å². The molecule has 2 bridgehead atoms. The van der Waals surface area contributed by atoms with Crippen molar-refractivity contribution in [2.45, 2.75) is 32.0 Å². The third-order valence-corrected chi connectivity index (χ3v) is 4.40. The molecule has 3 fully saturated rings. The van der Waals surface area contributed by atoms with Gasteiger partial charge in [0.05, 0.1) is 0 Å². The maximum Gasteiger partial charge on any atom is 0.138 e. The molecule has 3 saturated heterocycles. The molecule has 4 heterocycles. The van der Waals surface area contributed by atoms with Crippen molar-refractivity contribution in [2.75, 3.05) is 32.7 Å². The Balaban J connectivity index is 1.71. The lowest BCUT2D eigenvalue weighted by Gasteiger charge is -2.50. The predicted octanol–water partition coefficient (Wildman–Crippen LogP) is -1.33. The van der Waals surface area contributed by atoms with Gasteiger partial charge in [-0.25, -0.2) is 4.98 Å². The number of piperazine rings is 3. The summed E-state index contributed by atoms with van der Waals surface area (Å²) in [5.41, 5.74) is 3.00. The number of rotatable bonds is 5. The summed E-state index contributed by atoms with van der Waals surface area (Å²) in [7, 11) is 0. The highest BCUT2D eigenvalue weighted by molar-refractivity contribution is 4.99. The molecule has 0 saturated carbocycles. The first-order valence-corrected chi connectivity index (χ1v) is 7.11. The lowest BCUT2D eigenvalue weighted by atomic mass is 9.98. The van der Waals surface area contributed by atoms with Gasteiger partial charge in [-0.05, 0) is 6.92 Å². The Bertz CT molecular complexity index is 410. The number of nitrogens with two attached hydrogens (primary N) is 1. The fourth-order valence-corrected chi connectivity index (χ4v) is 3.25. The fraction of sp³-hybridized carbons (Fsp3) is 0.833. The molecule has 19 heavy (non-hydrogen) atoms. The highest BCUT2D eigenvalue weighted by Crippen LogP contribution is 2.19. The summed E-state index contributed by atoms with van der Waals surface area (Å²) in [4.78, 5) is 9.44. The molecule has 106 valence electrons. The van der Waals surface area contributed by atoms with Crippen LogP contribution in [0.25, 0.3) is 0 Å². The van der Waals surface area contributed by atoms with Gasteiger partial charge in [-0.15, -0.1) is 0 Å². The third-order valence-electron chi connectivity index (χ3n) is 4.40. The van der Waals surface area contributed by atoms with Gasteiger partial charge >= 0.3 is 0 Å². The molecule has 3 aliphatic rings. The Labute approximate surface area is 113 Å². The first-order valence-electron chi connectivity index (χ1n) is 7.11. The van der Waals surface area contributed by atoms with Crippen LogP contribution in [0.3, 0.4) is 0 Å². The molecule has 0 spiro atoms. The predicted molar refractivity (Wildman–Crippen MR) is 72.3 cm³/mol. The normalized spacial score (nSPS) is 31.6. The average molecular weight is 265 g/mol. The zero-order valence-electron chi connectivity index (χ0n) is 11.5. The minimum Gasteiger partial charge on any atom is -0.299 e. The van der Waals surface area contributed by atoms with Gasteiger partial charge in [0.1, 0.15) is 12.2 Å². The lowest BCUT2D eigenvalue weighted by Crippen LogP contribution is -2.67. The van der Waals surface area contributed by atoms with Crippen molar-refractivity contribution >= 4 is 0 Å². The van der Waals surface area contributed by atoms with Crippen LogP contribution in [0.5, 0.6) is 0 Å². The number of aromatic nitrogens is 3. The SMILES string of the molecule is CCn1ncnc1CC(NN)C1CN2CCN1CC2. The summed E-state index contributed by atoms with van der Waals surface area (Å²) < 4.78 is 1.95. The van der Waals surface area contributed by atoms with E-state index in [1.54, 1.807) is 6.33 Å². The van der Waals surface area contributed by atoms with E-state index in [4.69, 9.17) is 5.84 Å². The van der Waals surface area contributed by atoms with Gasteiger partial charge in [0.25, 0.3) is 0 Å². The molecule has 1 aromatic heterocycles. The molecule has 1 aromatic rings. The lowest BCUT2D eigenvalue weighted by molar-refractivity contribution is -0.00356. The quantitative estimate of drug-likeness (QED) is 0.508.